The van der Waals surface area contributed by atoms with E-state index in [1.165, 1.54) is 25.7 Å². The minimum atomic E-state index is 0.00760. The van der Waals surface area contributed by atoms with Crippen LogP contribution in [-0.4, -0.2) is 104 Å². The van der Waals surface area contributed by atoms with E-state index in [1.54, 1.807) is 0 Å². The van der Waals surface area contributed by atoms with Crippen LogP contribution in [0.4, 0.5) is 0 Å². The van der Waals surface area contributed by atoms with E-state index in [0.29, 0.717) is 6.42 Å². The number of hydrogen-bond donors (Lipinski definition) is 8. The molecule has 0 atom stereocenters. The van der Waals surface area contributed by atoms with E-state index >= 15 is 0 Å². The van der Waals surface area contributed by atoms with Gasteiger partial charge < -0.3 is 42.5 Å². The maximum absolute atomic E-state index is 8.53. The molecule has 0 radical (unpaired) electrons. The lowest BCUT2D eigenvalue weighted by atomic mass is 9.98. The molecular formula is C24H53N9. The van der Waals surface area contributed by atoms with Gasteiger partial charge in [0.05, 0.1) is 11.6 Å². The fraction of sp³-hybridized carbons (Fsp3) is 0.958. The van der Waals surface area contributed by atoms with Crippen LogP contribution in [0.1, 0.15) is 45.4 Å². The van der Waals surface area contributed by atoms with Crippen LogP contribution in [0.25, 0.3) is 0 Å². The minimum absolute atomic E-state index is 0.00760. The molecule has 0 aromatic rings. The van der Waals surface area contributed by atoms with Gasteiger partial charge in [0, 0.05) is 78.4 Å². The Kier molecular flexibility index (Phi) is 21.0. The maximum Gasteiger partial charge on any atom is 0.0621 e. The Bertz CT molecular complexity index is 442. The van der Waals surface area contributed by atoms with Gasteiger partial charge in [-0.05, 0) is 45.4 Å². The van der Waals surface area contributed by atoms with Crippen molar-refractivity contribution in [2.45, 2.75) is 51.0 Å². The highest BCUT2D eigenvalue weighted by Crippen LogP contribution is 2.02. The summed E-state index contributed by atoms with van der Waals surface area (Å²) in [5, 5.41) is 37.3. The summed E-state index contributed by atoms with van der Waals surface area (Å²) in [5.74, 6) is 0. The molecule has 0 aliphatic carbocycles. The number of nitrogens with zero attached hydrogens (tertiary/aromatic N) is 1. The molecule has 1 heterocycles. The second-order valence-corrected chi connectivity index (χ2v) is 9.02. The summed E-state index contributed by atoms with van der Waals surface area (Å²) in [4.78, 5) is 0. The Balaban J connectivity index is 2.16. The lowest BCUT2D eigenvalue weighted by Crippen LogP contribution is -2.64. The zero-order valence-corrected chi connectivity index (χ0v) is 21.3. The molecule has 9 heteroatoms. The summed E-state index contributed by atoms with van der Waals surface area (Å²) in [6.07, 6.45) is 6.51. The molecule has 0 unspecified atom stereocenters. The van der Waals surface area contributed by atoms with Crippen molar-refractivity contribution in [3.05, 3.63) is 0 Å². The first kappa shape index (κ1) is 30.2. The quantitative estimate of drug-likeness (QED) is 0.140. The van der Waals surface area contributed by atoms with Crippen LogP contribution in [0.5, 0.6) is 0 Å². The largest absolute Gasteiger partial charge is 0.315 e. The molecule has 0 amide bonds. The SMILES string of the molecule is CCNC1(CNCCNCCNCCCCCCC#N)CNCCNCCCNCCNC1. The van der Waals surface area contributed by atoms with Crippen LogP contribution in [0.3, 0.4) is 0 Å². The normalized spacial score (nSPS) is 18.4. The molecule has 33 heavy (non-hydrogen) atoms. The molecule has 0 aromatic heterocycles. The molecule has 8 N–H and O–H groups in total. The van der Waals surface area contributed by atoms with Crippen LogP contribution in [-0.2, 0) is 0 Å². The third kappa shape index (κ3) is 18.2. The van der Waals surface area contributed by atoms with Crippen LogP contribution < -0.4 is 42.5 Å². The Morgan fingerprint density at radius 1 is 0.697 bits per heavy atom. The second kappa shape index (κ2) is 22.9. The Labute approximate surface area is 203 Å². The maximum atomic E-state index is 8.53. The number of nitriles is 1. The number of unbranched alkanes of at least 4 members (excludes halogenated alkanes) is 4. The van der Waals surface area contributed by atoms with Crippen molar-refractivity contribution in [2.24, 2.45) is 0 Å². The van der Waals surface area contributed by atoms with E-state index in [-0.39, 0.29) is 5.54 Å². The zero-order valence-electron chi connectivity index (χ0n) is 21.3. The molecule has 1 rings (SSSR count). The number of nitrogens with one attached hydrogen (secondary N) is 8. The fourth-order valence-corrected chi connectivity index (χ4v) is 4.09. The average Bonchev–Trinajstić information content (AvgIpc) is 2.82. The summed E-state index contributed by atoms with van der Waals surface area (Å²) < 4.78 is 0. The molecular weight excluding hydrogens is 414 g/mol. The van der Waals surface area contributed by atoms with Crippen LogP contribution in [0, 0.1) is 11.3 Å². The van der Waals surface area contributed by atoms with Gasteiger partial charge in [0.2, 0.25) is 0 Å². The first-order valence-electron chi connectivity index (χ1n) is 13.4. The Hall–Kier alpha value is -0.830. The van der Waals surface area contributed by atoms with E-state index in [4.69, 9.17) is 5.26 Å². The molecule has 1 saturated heterocycles. The molecule has 9 nitrogen and oxygen atoms in total. The number of rotatable bonds is 16. The van der Waals surface area contributed by atoms with E-state index in [2.05, 4.69) is 55.5 Å². The van der Waals surface area contributed by atoms with Crippen molar-refractivity contribution in [1.29, 1.82) is 5.26 Å². The van der Waals surface area contributed by atoms with Crippen molar-refractivity contribution in [3.63, 3.8) is 0 Å². The summed E-state index contributed by atoms with van der Waals surface area (Å²) in [5.41, 5.74) is 0.00760. The zero-order chi connectivity index (χ0) is 23.7. The highest BCUT2D eigenvalue weighted by atomic mass is 15.1. The van der Waals surface area contributed by atoms with Crippen LogP contribution in [0.2, 0.25) is 0 Å². The molecule has 1 aliphatic rings. The molecule has 1 aliphatic heterocycles. The van der Waals surface area contributed by atoms with Gasteiger partial charge in [-0.1, -0.05) is 19.8 Å². The summed E-state index contributed by atoms with van der Waals surface area (Å²) in [6.45, 7) is 17.2. The van der Waals surface area contributed by atoms with Gasteiger partial charge in [0.1, 0.15) is 0 Å². The van der Waals surface area contributed by atoms with Crippen molar-refractivity contribution < 1.29 is 0 Å². The smallest absolute Gasteiger partial charge is 0.0621 e. The van der Waals surface area contributed by atoms with Gasteiger partial charge in [0.25, 0.3) is 0 Å². The first-order chi connectivity index (χ1) is 16.3. The van der Waals surface area contributed by atoms with Gasteiger partial charge in [-0.25, -0.2) is 0 Å². The van der Waals surface area contributed by atoms with Crippen molar-refractivity contribution in [3.8, 4) is 6.07 Å². The molecule has 0 bridgehead atoms. The minimum Gasteiger partial charge on any atom is -0.315 e. The van der Waals surface area contributed by atoms with Crippen molar-refractivity contribution in [2.75, 3.05) is 98.2 Å². The average molecular weight is 468 g/mol. The molecule has 0 saturated carbocycles. The van der Waals surface area contributed by atoms with Crippen LogP contribution in [0.15, 0.2) is 0 Å². The van der Waals surface area contributed by atoms with E-state index in [1.807, 2.05) is 0 Å². The lowest BCUT2D eigenvalue weighted by molar-refractivity contribution is 0.284. The lowest BCUT2D eigenvalue weighted by Gasteiger charge is -2.36. The monoisotopic (exact) mass is 467 g/mol. The second-order valence-electron chi connectivity index (χ2n) is 9.02. The van der Waals surface area contributed by atoms with Crippen molar-refractivity contribution >= 4 is 0 Å². The number of likely N-dealkylation sites (N-methyl/N-ethyl adjacent to an activating group) is 1. The third-order valence-electron chi connectivity index (χ3n) is 5.96. The highest BCUT2D eigenvalue weighted by Gasteiger charge is 2.27. The van der Waals surface area contributed by atoms with Crippen molar-refractivity contribution in [1.82, 2.24) is 42.5 Å². The highest BCUT2D eigenvalue weighted by molar-refractivity contribution is 4.94. The van der Waals surface area contributed by atoms with E-state index < -0.39 is 0 Å². The topological polar surface area (TPSA) is 120 Å². The van der Waals surface area contributed by atoms with Crippen LogP contribution >= 0.6 is 0 Å². The summed E-state index contributed by atoms with van der Waals surface area (Å²) in [6, 6.07) is 2.21. The summed E-state index contributed by atoms with van der Waals surface area (Å²) in [7, 11) is 0. The van der Waals surface area contributed by atoms with Gasteiger partial charge in [-0.3, -0.25) is 0 Å². The third-order valence-corrected chi connectivity index (χ3v) is 5.96. The molecule has 0 aromatic carbocycles. The van der Waals surface area contributed by atoms with Gasteiger partial charge in [0.15, 0.2) is 0 Å². The first-order valence-corrected chi connectivity index (χ1v) is 13.4. The fourth-order valence-electron chi connectivity index (χ4n) is 4.09. The van der Waals surface area contributed by atoms with E-state index in [0.717, 1.165) is 105 Å². The molecule has 0 spiro atoms. The number of hydrogen-bond acceptors (Lipinski definition) is 9. The Morgan fingerprint density at radius 2 is 1.27 bits per heavy atom. The van der Waals surface area contributed by atoms with Gasteiger partial charge >= 0.3 is 0 Å². The predicted molar refractivity (Wildman–Crippen MR) is 140 cm³/mol. The Morgan fingerprint density at radius 3 is 1.91 bits per heavy atom. The summed E-state index contributed by atoms with van der Waals surface area (Å²) >= 11 is 0. The predicted octanol–water partition coefficient (Wildman–Crippen LogP) is -0.660. The van der Waals surface area contributed by atoms with E-state index in [9.17, 15) is 0 Å². The van der Waals surface area contributed by atoms with Gasteiger partial charge in [-0.15, -0.1) is 0 Å². The van der Waals surface area contributed by atoms with Gasteiger partial charge in [-0.2, -0.15) is 5.26 Å². The molecule has 194 valence electrons. The standard InChI is InChI=1S/C24H53N9/c1-2-33-24(21-30-18-15-27-11-8-12-28-16-19-31-22-24)23-32-20-17-29-14-13-26-10-7-5-3-4-6-9-25/h26-33H,2-8,10-23H2,1H3. The molecule has 1 fully saturated rings.